The van der Waals surface area contributed by atoms with Crippen molar-refractivity contribution in [2.45, 2.75) is 63.9 Å². The second kappa shape index (κ2) is 9.94. The zero-order valence-electron chi connectivity index (χ0n) is 18.3. The van der Waals surface area contributed by atoms with Crippen molar-refractivity contribution in [2.75, 3.05) is 5.32 Å². The van der Waals surface area contributed by atoms with Crippen LogP contribution in [0.5, 0.6) is 0 Å². The van der Waals surface area contributed by atoms with Gasteiger partial charge in [-0.25, -0.2) is 0 Å². The molecule has 5 nitrogen and oxygen atoms in total. The van der Waals surface area contributed by atoms with Gasteiger partial charge in [0.1, 0.15) is 0 Å². The summed E-state index contributed by atoms with van der Waals surface area (Å²) in [6.07, 6.45) is 1.03. The molecule has 158 valence electrons. The van der Waals surface area contributed by atoms with E-state index in [0.717, 1.165) is 35.2 Å². The number of amides is 1. The molecule has 0 aliphatic rings. The molecule has 0 saturated heterocycles. The quantitative estimate of drug-likeness (QED) is 0.459. The second-order valence-corrected chi connectivity index (χ2v) is 8.87. The lowest BCUT2D eigenvalue weighted by Gasteiger charge is -2.17. The highest BCUT2D eigenvalue weighted by Crippen LogP contribution is 2.30. The first-order valence-electron chi connectivity index (χ1n) is 10.5. The maximum Gasteiger partial charge on any atom is 0.237 e. The molecule has 0 aliphatic heterocycles. The second-order valence-electron chi connectivity index (χ2n) is 7.57. The van der Waals surface area contributed by atoms with Crippen molar-refractivity contribution in [3.63, 3.8) is 0 Å². The van der Waals surface area contributed by atoms with E-state index < -0.39 is 0 Å². The Morgan fingerprint density at radius 3 is 2.57 bits per heavy atom. The van der Waals surface area contributed by atoms with Crippen LogP contribution in [0.4, 0.5) is 5.69 Å². The predicted molar refractivity (Wildman–Crippen MR) is 125 cm³/mol. The molecule has 0 saturated carbocycles. The van der Waals surface area contributed by atoms with E-state index in [1.807, 2.05) is 37.3 Å². The lowest BCUT2D eigenvalue weighted by molar-refractivity contribution is -0.115. The van der Waals surface area contributed by atoms with Crippen molar-refractivity contribution in [3.8, 4) is 11.4 Å². The van der Waals surface area contributed by atoms with Gasteiger partial charge in [0.2, 0.25) is 5.91 Å². The first-order valence-corrected chi connectivity index (χ1v) is 11.4. The van der Waals surface area contributed by atoms with Crippen LogP contribution in [-0.4, -0.2) is 25.9 Å². The van der Waals surface area contributed by atoms with Gasteiger partial charge in [0.15, 0.2) is 11.0 Å². The molecule has 1 amide bonds. The molecular weight excluding hydrogens is 392 g/mol. The molecule has 6 heteroatoms. The predicted octanol–water partition coefficient (Wildman–Crippen LogP) is 5.91. The lowest BCUT2D eigenvalue weighted by atomic mass is 9.97. The fraction of sp³-hybridized carbons (Fsp3) is 0.375. The van der Waals surface area contributed by atoms with Gasteiger partial charge in [-0.05, 0) is 50.8 Å². The maximum absolute atomic E-state index is 12.9. The van der Waals surface area contributed by atoms with Crippen LogP contribution in [-0.2, 0) is 11.3 Å². The highest BCUT2D eigenvalue weighted by atomic mass is 32.2. The summed E-state index contributed by atoms with van der Waals surface area (Å²) in [6, 6.07) is 16.3. The average Bonchev–Trinajstić information content (AvgIpc) is 3.16. The number of thioether (sulfide) groups is 1. The van der Waals surface area contributed by atoms with Crippen molar-refractivity contribution < 1.29 is 4.79 Å². The molecule has 1 heterocycles. The minimum Gasteiger partial charge on any atom is -0.325 e. The zero-order chi connectivity index (χ0) is 21.7. The number of nitrogens with zero attached hydrogens (tertiary/aromatic N) is 3. The van der Waals surface area contributed by atoms with Crippen LogP contribution < -0.4 is 5.32 Å². The number of aryl methyl sites for hydroxylation is 1. The lowest BCUT2D eigenvalue weighted by Crippen LogP contribution is -2.23. The molecule has 0 spiro atoms. The van der Waals surface area contributed by atoms with Gasteiger partial charge in [0, 0.05) is 17.8 Å². The Kier molecular flexibility index (Phi) is 7.32. The van der Waals surface area contributed by atoms with E-state index in [-0.39, 0.29) is 11.2 Å². The van der Waals surface area contributed by atoms with Gasteiger partial charge >= 0.3 is 0 Å². The Morgan fingerprint density at radius 2 is 1.87 bits per heavy atom. The average molecular weight is 423 g/mol. The van der Waals surface area contributed by atoms with Gasteiger partial charge in [-0.3, -0.25) is 4.79 Å². The van der Waals surface area contributed by atoms with E-state index in [4.69, 9.17) is 0 Å². The molecule has 3 aromatic rings. The third kappa shape index (κ3) is 4.93. The van der Waals surface area contributed by atoms with Gasteiger partial charge < -0.3 is 9.88 Å². The number of nitrogens with one attached hydrogen (secondary N) is 1. The van der Waals surface area contributed by atoms with Crippen LogP contribution >= 0.6 is 11.8 Å². The first kappa shape index (κ1) is 22.1. The van der Waals surface area contributed by atoms with Crippen LogP contribution in [0.25, 0.3) is 11.4 Å². The van der Waals surface area contributed by atoms with E-state index in [9.17, 15) is 4.79 Å². The Balaban J connectivity index is 1.77. The highest BCUT2D eigenvalue weighted by Gasteiger charge is 2.21. The number of benzene rings is 2. The van der Waals surface area contributed by atoms with Gasteiger partial charge in [-0.15, -0.1) is 10.2 Å². The van der Waals surface area contributed by atoms with E-state index in [0.29, 0.717) is 5.92 Å². The third-order valence-electron chi connectivity index (χ3n) is 5.32. The molecule has 0 bridgehead atoms. The van der Waals surface area contributed by atoms with Gasteiger partial charge in [0.05, 0.1) is 5.25 Å². The Morgan fingerprint density at radius 1 is 1.10 bits per heavy atom. The van der Waals surface area contributed by atoms with Crippen molar-refractivity contribution in [3.05, 3.63) is 59.7 Å². The summed E-state index contributed by atoms with van der Waals surface area (Å²) in [5.74, 6) is 1.20. The topological polar surface area (TPSA) is 59.8 Å². The number of anilines is 1. The monoisotopic (exact) mass is 422 g/mol. The molecule has 1 N–H and O–H groups in total. The normalized spacial score (nSPS) is 13.1. The zero-order valence-corrected chi connectivity index (χ0v) is 19.2. The summed E-state index contributed by atoms with van der Waals surface area (Å²) >= 11 is 1.44. The summed E-state index contributed by atoms with van der Waals surface area (Å²) < 4.78 is 2.07. The number of carbonyl (C=O) groups is 1. The van der Waals surface area contributed by atoms with Gasteiger partial charge in [-0.2, -0.15) is 0 Å². The molecule has 0 fully saturated rings. The number of aromatic nitrogens is 3. The van der Waals surface area contributed by atoms with E-state index in [1.54, 1.807) is 0 Å². The minimum atomic E-state index is -0.296. The van der Waals surface area contributed by atoms with Crippen LogP contribution in [0.1, 0.15) is 51.2 Å². The van der Waals surface area contributed by atoms with Gasteiger partial charge in [-0.1, -0.05) is 67.6 Å². The number of carbonyl (C=O) groups excluding carboxylic acids is 1. The molecule has 3 rings (SSSR count). The summed E-state index contributed by atoms with van der Waals surface area (Å²) in [7, 11) is 0. The third-order valence-corrected chi connectivity index (χ3v) is 6.40. The van der Waals surface area contributed by atoms with Crippen molar-refractivity contribution in [1.82, 2.24) is 14.8 Å². The number of hydrogen-bond acceptors (Lipinski definition) is 4. The summed E-state index contributed by atoms with van der Waals surface area (Å²) in [4.78, 5) is 12.9. The standard InChI is InChI=1S/C24H30N4OS/c1-6-17(4)20-13-8-9-14-21(20)25-23(29)18(5)30-24-27-26-22(28(24)7-2)19-12-10-11-16(3)15-19/h8-15,17-18H,6-7H2,1-5H3,(H,25,29). The fourth-order valence-electron chi connectivity index (χ4n) is 3.37. The summed E-state index contributed by atoms with van der Waals surface area (Å²) in [6.45, 7) is 11.1. The van der Waals surface area contributed by atoms with Crippen LogP contribution in [0.15, 0.2) is 53.7 Å². The summed E-state index contributed by atoms with van der Waals surface area (Å²) in [5, 5.41) is 12.4. The molecule has 2 unspecified atom stereocenters. The highest BCUT2D eigenvalue weighted by molar-refractivity contribution is 8.00. The summed E-state index contributed by atoms with van der Waals surface area (Å²) in [5.41, 5.74) is 4.28. The fourth-order valence-corrected chi connectivity index (χ4v) is 4.28. The van der Waals surface area contributed by atoms with Crippen molar-refractivity contribution >= 4 is 23.4 Å². The SMILES string of the molecule is CCC(C)c1ccccc1NC(=O)C(C)Sc1nnc(-c2cccc(C)c2)n1CC. The van der Waals surface area contributed by atoms with Crippen LogP contribution in [0.3, 0.4) is 0 Å². The number of rotatable bonds is 8. The maximum atomic E-state index is 12.9. The van der Waals surface area contributed by atoms with Crippen molar-refractivity contribution in [1.29, 1.82) is 0 Å². The molecule has 0 aliphatic carbocycles. The molecule has 30 heavy (non-hydrogen) atoms. The van der Waals surface area contributed by atoms with Gasteiger partial charge in [0.25, 0.3) is 0 Å². The largest absolute Gasteiger partial charge is 0.325 e. The molecule has 2 aromatic carbocycles. The minimum absolute atomic E-state index is 0.0292. The van der Waals surface area contributed by atoms with E-state index in [1.165, 1.54) is 22.9 Å². The Bertz CT molecular complexity index is 1010. The number of para-hydroxylation sites is 1. The van der Waals surface area contributed by atoms with Crippen LogP contribution in [0, 0.1) is 6.92 Å². The van der Waals surface area contributed by atoms with Crippen molar-refractivity contribution in [2.24, 2.45) is 0 Å². The first-order chi connectivity index (χ1) is 14.4. The Labute approximate surface area is 183 Å². The molecular formula is C24H30N4OS. The molecule has 0 radical (unpaired) electrons. The Hall–Kier alpha value is -2.60. The molecule has 1 aromatic heterocycles. The smallest absolute Gasteiger partial charge is 0.237 e. The van der Waals surface area contributed by atoms with E-state index in [2.05, 4.69) is 66.0 Å². The van der Waals surface area contributed by atoms with E-state index >= 15 is 0 Å². The van der Waals surface area contributed by atoms with Crippen LogP contribution in [0.2, 0.25) is 0 Å². The molecule has 2 atom stereocenters. The number of hydrogen-bond donors (Lipinski definition) is 1.